The number of aliphatic hydroxyl groups is 1. The van der Waals surface area contributed by atoms with Gasteiger partial charge in [-0.3, -0.25) is 4.90 Å². The van der Waals surface area contributed by atoms with Crippen LogP contribution in [0.2, 0.25) is 0 Å². The second-order valence-corrected chi connectivity index (χ2v) is 5.20. The van der Waals surface area contributed by atoms with E-state index in [4.69, 9.17) is 9.84 Å². The molecule has 1 aliphatic rings. The normalized spacial score (nSPS) is 14.0. The summed E-state index contributed by atoms with van der Waals surface area (Å²) in [5.74, 6) is 6.42. The lowest BCUT2D eigenvalue weighted by Gasteiger charge is -2.21. The smallest absolute Gasteiger partial charge is 0.134 e. The summed E-state index contributed by atoms with van der Waals surface area (Å²) in [6, 6.07) is 6.91. The van der Waals surface area contributed by atoms with Crippen molar-refractivity contribution >= 4 is 0 Å². The number of hydrogen-bond donors (Lipinski definition) is 1. The van der Waals surface area contributed by atoms with Crippen molar-refractivity contribution in [3.8, 4) is 17.6 Å². The first kappa shape index (κ1) is 14.9. The molecule has 1 fully saturated rings. The average molecular weight is 273 g/mol. The van der Waals surface area contributed by atoms with Crippen molar-refractivity contribution < 1.29 is 9.84 Å². The predicted molar refractivity (Wildman–Crippen MR) is 80.7 cm³/mol. The number of nitrogens with zero attached hydrogens (tertiary/aromatic N) is 1. The van der Waals surface area contributed by atoms with Crippen molar-refractivity contribution in [2.24, 2.45) is 0 Å². The molecule has 0 aromatic heterocycles. The molecule has 1 N–H and O–H groups in total. The number of hydrogen-bond acceptors (Lipinski definition) is 3. The van der Waals surface area contributed by atoms with Crippen LogP contribution in [-0.4, -0.2) is 36.3 Å². The highest BCUT2D eigenvalue weighted by atomic mass is 16.5. The van der Waals surface area contributed by atoms with Crippen molar-refractivity contribution in [2.45, 2.75) is 38.8 Å². The van der Waals surface area contributed by atoms with Gasteiger partial charge in [-0.1, -0.05) is 24.8 Å². The molecule has 0 radical (unpaired) electrons. The fourth-order valence-electron chi connectivity index (χ4n) is 2.44. The molecule has 1 saturated carbocycles. The molecule has 108 valence electrons. The number of rotatable bonds is 6. The van der Waals surface area contributed by atoms with E-state index < -0.39 is 0 Å². The van der Waals surface area contributed by atoms with E-state index in [1.54, 1.807) is 7.11 Å². The molecule has 3 nitrogen and oxygen atoms in total. The van der Waals surface area contributed by atoms with E-state index in [1.807, 2.05) is 6.07 Å². The van der Waals surface area contributed by atoms with Gasteiger partial charge in [0.15, 0.2) is 0 Å². The minimum atomic E-state index is -0.128. The Labute approximate surface area is 121 Å². The zero-order valence-electron chi connectivity index (χ0n) is 12.4. The molecule has 0 aliphatic heterocycles. The summed E-state index contributed by atoms with van der Waals surface area (Å²) in [4.78, 5) is 2.55. The molecule has 0 heterocycles. The molecule has 3 heteroatoms. The molecule has 0 unspecified atom stereocenters. The monoisotopic (exact) mass is 273 g/mol. The van der Waals surface area contributed by atoms with E-state index in [9.17, 15) is 0 Å². The van der Waals surface area contributed by atoms with Crippen LogP contribution in [0.4, 0.5) is 0 Å². The van der Waals surface area contributed by atoms with Gasteiger partial charge in [0.25, 0.3) is 0 Å². The Balaban J connectivity index is 2.14. The van der Waals surface area contributed by atoms with Crippen LogP contribution in [0.3, 0.4) is 0 Å². The Morgan fingerprint density at radius 3 is 2.80 bits per heavy atom. The van der Waals surface area contributed by atoms with E-state index in [0.717, 1.165) is 30.4 Å². The van der Waals surface area contributed by atoms with E-state index in [-0.39, 0.29) is 6.61 Å². The van der Waals surface area contributed by atoms with Crippen LogP contribution < -0.4 is 4.74 Å². The highest BCUT2D eigenvalue weighted by Crippen LogP contribution is 2.29. The molecule has 0 atom stereocenters. The third-order valence-electron chi connectivity index (χ3n) is 3.53. The maximum atomic E-state index is 8.83. The van der Waals surface area contributed by atoms with Crippen molar-refractivity contribution in [2.75, 3.05) is 20.3 Å². The molecule has 0 saturated heterocycles. The Kier molecular flexibility index (Phi) is 5.46. The number of aliphatic hydroxyl groups excluding tert-OH is 1. The van der Waals surface area contributed by atoms with Gasteiger partial charge in [-0.2, -0.15) is 0 Å². The maximum absolute atomic E-state index is 8.83. The summed E-state index contributed by atoms with van der Waals surface area (Å²) in [6.07, 6.45) is 3.84. The van der Waals surface area contributed by atoms with Gasteiger partial charge in [-0.25, -0.2) is 0 Å². The third kappa shape index (κ3) is 4.00. The SMILES string of the molecule is CCCN(Cc1ccc(OC)c(C#CCO)c1)C1CC1. The van der Waals surface area contributed by atoms with Gasteiger partial charge in [-0.15, -0.1) is 0 Å². The van der Waals surface area contributed by atoms with Crippen LogP contribution in [0.1, 0.15) is 37.3 Å². The van der Waals surface area contributed by atoms with Gasteiger partial charge in [0.2, 0.25) is 0 Å². The zero-order chi connectivity index (χ0) is 14.4. The van der Waals surface area contributed by atoms with Gasteiger partial charge in [-0.05, 0) is 43.5 Å². The Hall–Kier alpha value is -1.50. The fourth-order valence-corrected chi connectivity index (χ4v) is 2.44. The zero-order valence-corrected chi connectivity index (χ0v) is 12.4. The van der Waals surface area contributed by atoms with Gasteiger partial charge in [0, 0.05) is 12.6 Å². The summed E-state index contributed by atoms with van der Waals surface area (Å²) in [6.45, 7) is 4.21. The average Bonchev–Trinajstić information content (AvgIpc) is 3.29. The number of ether oxygens (including phenoxy) is 1. The van der Waals surface area contributed by atoms with Crippen LogP contribution in [0.25, 0.3) is 0 Å². The molecule has 0 spiro atoms. The van der Waals surface area contributed by atoms with Crippen LogP contribution >= 0.6 is 0 Å². The Morgan fingerprint density at radius 2 is 2.20 bits per heavy atom. The molecule has 1 aromatic carbocycles. The lowest BCUT2D eigenvalue weighted by atomic mass is 10.1. The molecule has 0 amide bonds. The summed E-state index contributed by atoms with van der Waals surface area (Å²) in [5.41, 5.74) is 2.11. The van der Waals surface area contributed by atoms with Crippen LogP contribution in [0, 0.1) is 11.8 Å². The highest BCUT2D eigenvalue weighted by Gasteiger charge is 2.28. The molecular formula is C17H23NO2. The molecule has 1 aromatic rings. The van der Waals surface area contributed by atoms with Gasteiger partial charge < -0.3 is 9.84 Å². The van der Waals surface area contributed by atoms with Crippen LogP contribution in [0.5, 0.6) is 5.75 Å². The summed E-state index contributed by atoms with van der Waals surface area (Å²) < 4.78 is 5.31. The van der Waals surface area contributed by atoms with Gasteiger partial charge in [0.1, 0.15) is 12.4 Å². The topological polar surface area (TPSA) is 32.7 Å². The van der Waals surface area contributed by atoms with E-state index >= 15 is 0 Å². The van der Waals surface area contributed by atoms with Gasteiger partial charge >= 0.3 is 0 Å². The van der Waals surface area contributed by atoms with Crippen molar-refractivity contribution in [3.63, 3.8) is 0 Å². The fraction of sp³-hybridized carbons (Fsp3) is 0.529. The third-order valence-corrected chi connectivity index (χ3v) is 3.53. The first-order valence-corrected chi connectivity index (χ1v) is 7.29. The molecule has 2 rings (SSSR count). The largest absolute Gasteiger partial charge is 0.495 e. The predicted octanol–water partition coefficient (Wildman–Crippen LogP) is 2.41. The van der Waals surface area contributed by atoms with E-state index in [0.29, 0.717) is 0 Å². The minimum absolute atomic E-state index is 0.128. The Morgan fingerprint density at radius 1 is 1.40 bits per heavy atom. The maximum Gasteiger partial charge on any atom is 0.134 e. The quantitative estimate of drug-likeness (QED) is 0.808. The Bertz CT molecular complexity index is 497. The summed E-state index contributed by atoms with van der Waals surface area (Å²) in [7, 11) is 1.65. The van der Waals surface area contributed by atoms with Crippen molar-refractivity contribution in [1.82, 2.24) is 4.90 Å². The van der Waals surface area contributed by atoms with E-state index in [2.05, 4.69) is 35.8 Å². The molecule has 0 bridgehead atoms. The molecule has 1 aliphatic carbocycles. The molecular weight excluding hydrogens is 250 g/mol. The van der Waals surface area contributed by atoms with Crippen molar-refractivity contribution in [3.05, 3.63) is 29.3 Å². The second kappa shape index (κ2) is 7.33. The lowest BCUT2D eigenvalue weighted by molar-refractivity contribution is 0.255. The lowest BCUT2D eigenvalue weighted by Crippen LogP contribution is -2.26. The second-order valence-electron chi connectivity index (χ2n) is 5.20. The molecule has 20 heavy (non-hydrogen) atoms. The van der Waals surface area contributed by atoms with E-state index in [1.165, 1.54) is 24.8 Å². The van der Waals surface area contributed by atoms with Crippen LogP contribution in [0.15, 0.2) is 18.2 Å². The number of benzene rings is 1. The summed E-state index contributed by atoms with van der Waals surface area (Å²) >= 11 is 0. The van der Waals surface area contributed by atoms with Gasteiger partial charge in [0.05, 0.1) is 12.7 Å². The standard InChI is InChI=1S/C17H23NO2/c1-3-10-18(16-7-8-16)13-14-6-9-17(20-2)15(12-14)5-4-11-19/h6,9,12,16,19H,3,7-8,10-11,13H2,1-2H3. The van der Waals surface area contributed by atoms with Crippen LogP contribution in [-0.2, 0) is 6.54 Å². The first-order chi connectivity index (χ1) is 9.78. The minimum Gasteiger partial charge on any atom is -0.495 e. The highest BCUT2D eigenvalue weighted by molar-refractivity contribution is 5.48. The number of methoxy groups -OCH3 is 1. The van der Waals surface area contributed by atoms with Crippen molar-refractivity contribution in [1.29, 1.82) is 0 Å². The first-order valence-electron chi connectivity index (χ1n) is 7.29. The summed E-state index contributed by atoms with van der Waals surface area (Å²) in [5, 5.41) is 8.83.